The Morgan fingerprint density at radius 2 is 1.28 bits per heavy atom. The fourth-order valence-electron chi connectivity index (χ4n) is 0.493. The second-order valence-corrected chi connectivity index (χ2v) is 3.23. The van der Waals surface area contributed by atoms with Crippen LogP contribution in [0.2, 0.25) is 0 Å². The van der Waals surface area contributed by atoms with E-state index in [9.17, 15) is 0 Å². The first kappa shape index (κ1) is 26.0. The van der Waals surface area contributed by atoms with E-state index in [0.29, 0.717) is 0 Å². The summed E-state index contributed by atoms with van der Waals surface area (Å²) in [7, 11) is 0. The lowest BCUT2D eigenvalue weighted by molar-refractivity contribution is 0.132. The molecule has 0 unspecified atom stereocenters. The minimum atomic E-state index is -0.125. The van der Waals surface area contributed by atoms with Crippen LogP contribution >= 0.6 is 0 Å². The van der Waals surface area contributed by atoms with Gasteiger partial charge >= 0.3 is 0 Å². The Hall–Kier alpha value is -0.640. The van der Waals surface area contributed by atoms with E-state index in [1.807, 2.05) is 13.8 Å². The van der Waals surface area contributed by atoms with Gasteiger partial charge in [-0.05, 0) is 26.7 Å². The third-order valence-electron chi connectivity index (χ3n) is 1.09. The largest absolute Gasteiger partial charge is 0.394 e. The van der Waals surface area contributed by atoms with Crippen molar-refractivity contribution >= 4 is 0 Å². The Morgan fingerprint density at radius 1 is 0.889 bits per heavy atom. The van der Waals surface area contributed by atoms with Gasteiger partial charge in [0.05, 0.1) is 13.2 Å². The van der Waals surface area contributed by atoms with Gasteiger partial charge in [0.15, 0.2) is 0 Å². The zero-order valence-electron chi connectivity index (χ0n) is 12.8. The van der Waals surface area contributed by atoms with Crippen molar-refractivity contribution in [2.24, 2.45) is 0 Å². The Morgan fingerprint density at radius 3 is 1.50 bits per heavy atom. The van der Waals surface area contributed by atoms with Crippen molar-refractivity contribution in [2.45, 2.75) is 47.0 Å². The molecule has 0 aromatic heterocycles. The molecule has 0 heterocycles. The molecule has 0 bridgehead atoms. The van der Waals surface area contributed by atoms with Crippen molar-refractivity contribution in [1.82, 2.24) is 0 Å². The zero-order valence-corrected chi connectivity index (χ0v) is 12.8. The van der Waals surface area contributed by atoms with Gasteiger partial charge in [0, 0.05) is 13.2 Å². The van der Waals surface area contributed by atoms with Gasteiger partial charge < -0.3 is 14.9 Å². The highest BCUT2D eigenvalue weighted by Gasteiger charge is 1.81. The molecule has 0 rings (SSSR count). The molecule has 0 saturated carbocycles. The van der Waals surface area contributed by atoms with Crippen LogP contribution in [0.3, 0.4) is 0 Å². The minimum absolute atomic E-state index is 0.125. The van der Waals surface area contributed by atoms with E-state index in [1.54, 1.807) is 12.2 Å². The predicted octanol–water partition coefficient (Wildman–Crippen LogP) is 3.57. The van der Waals surface area contributed by atoms with Crippen LogP contribution in [0.25, 0.3) is 0 Å². The van der Waals surface area contributed by atoms with Crippen molar-refractivity contribution in [1.29, 1.82) is 0 Å². The lowest BCUT2D eigenvalue weighted by Crippen LogP contribution is -1.93. The lowest BCUT2D eigenvalue weighted by atomic mass is 10.4. The highest BCUT2D eigenvalue weighted by Crippen LogP contribution is 1.87. The quantitative estimate of drug-likeness (QED) is 0.568. The Balaban J connectivity index is -0.0000000827. The number of aliphatic hydroxyl groups excluding tert-OH is 2. The van der Waals surface area contributed by atoms with E-state index >= 15 is 0 Å². The summed E-state index contributed by atoms with van der Waals surface area (Å²) in [5.74, 6) is 0. The molecule has 0 atom stereocenters. The second-order valence-electron chi connectivity index (χ2n) is 3.23. The van der Waals surface area contributed by atoms with E-state index in [2.05, 4.69) is 27.0 Å². The molecule has 0 aliphatic carbocycles. The summed E-state index contributed by atoms with van der Waals surface area (Å²) in [6.45, 7) is 16.4. The van der Waals surface area contributed by atoms with Gasteiger partial charge in [-0.2, -0.15) is 0 Å². The zero-order chi connectivity index (χ0) is 15.1. The maximum Gasteiger partial charge on any atom is 0.0662 e. The summed E-state index contributed by atoms with van der Waals surface area (Å²) in [6.07, 6.45) is 7.09. The Labute approximate surface area is 114 Å². The van der Waals surface area contributed by atoms with Crippen molar-refractivity contribution in [3.8, 4) is 0 Å². The average Bonchev–Trinajstić information content (AvgIpc) is 2.37. The third-order valence-corrected chi connectivity index (χ3v) is 1.09. The highest BCUT2D eigenvalue weighted by atomic mass is 16.5. The van der Waals surface area contributed by atoms with Crippen molar-refractivity contribution < 1.29 is 14.9 Å². The van der Waals surface area contributed by atoms with Crippen LogP contribution in [-0.2, 0) is 4.74 Å². The maximum atomic E-state index is 7.62. The monoisotopic (exact) mass is 262 g/mol. The summed E-state index contributed by atoms with van der Waals surface area (Å²) < 4.78 is 5.22. The smallest absolute Gasteiger partial charge is 0.0662 e. The van der Waals surface area contributed by atoms with Crippen LogP contribution in [0.5, 0.6) is 0 Å². The van der Waals surface area contributed by atoms with Gasteiger partial charge in [-0.15, -0.1) is 13.2 Å². The topological polar surface area (TPSA) is 49.7 Å². The van der Waals surface area contributed by atoms with Gasteiger partial charge in [-0.25, -0.2) is 0 Å². The van der Waals surface area contributed by atoms with Gasteiger partial charge in [0.25, 0.3) is 0 Å². The van der Waals surface area contributed by atoms with Crippen LogP contribution in [0.15, 0.2) is 25.3 Å². The van der Waals surface area contributed by atoms with Crippen LogP contribution < -0.4 is 0 Å². The normalized spacial score (nSPS) is 7.44. The van der Waals surface area contributed by atoms with Gasteiger partial charge in [-0.1, -0.05) is 32.4 Å². The number of hydrogen-bond acceptors (Lipinski definition) is 3. The van der Waals surface area contributed by atoms with Crippen LogP contribution in [-0.4, -0.2) is 36.6 Å². The molecule has 112 valence electrons. The van der Waals surface area contributed by atoms with E-state index in [4.69, 9.17) is 14.9 Å². The average molecular weight is 262 g/mol. The SMILES string of the molecule is C=CC.C=CC.CCCCOCCC.OCCO. The number of unbranched alkanes of at least 4 members (excludes halogenated alkanes) is 1. The Kier molecular flexibility index (Phi) is 63.7. The van der Waals surface area contributed by atoms with Crippen LogP contribution in [0.1, 0.15) is 47.0 Å². The first-order valence-electron chi connectivity index (χ1n) is 6.60. The molecule has 0 saturated heterocycles. The molecule has 0 radical (unpaired) electrons. The molecule has 0 spiro atoms. The van der Waals surface area contributed by atoms with Crippen molar-refractivity contribution in [2.75, 3.05) is 26.4 Å². The minimum Gasteiger partial charge on any atom is -0.394 e. The predicted molar refractivity (Wildman–Crippen MR) is 81.9 cm³/mol. The maximum absolute atomic E-state index is 7.62. The summed E-state index contributed by atoms with van der Waals surface area (Å²) in [4.78, 5) is 0. The third kappa shape index (κ3) is 110. The number of allylic oxidation sites excluding steroid dienone is 2. The van der Waals surface area contributed by atoms with Crippen molar-refractivity contribution in [3.63, 3.8) is 0 Å². The molecule has 0 fully saturated rings. The van der Waals surface area contributed by atoms with Crippen molar-refractivity contribution in [3.05, 3.63) is 25.3 Å². The lowest BCUT2D eigenvalue weighted by Gasteiger charge is -1.97. The fourth-order valence-corrected chi connectivity index (χ4v) is 0.493. The van der Waals surface area contributed by atoms with Gasteiger partial charge in [-0.3, -0.25) is 0 Å². The van der Waals surface area contributed by atoms with Gasteiger partial charge in [0.2, 0.25) is 0 Å². The number of hydrogen-bond donors (Lipinski definition) is 2. The molecular formula is C15H34O3. The molecule has 0 aromatic carbocycles. The highest BCUT2D eigenvalue weighted by molar-refractivity contribution is 4.51. The summed E-state index contributed by atoms with van der Waals surface area (Å²) in [6, 6.07) is 0. The number of ether oxygens (including phenoxy) is 1. The molecule has 0 amide bonds. The standard InChI is InChI=1S/C7H16O.2C3H6.C2H6O2/c1-3-5-7-8-6-4-2;2*1-3-2;3-1-2-4/h3-7H2,1-2H3;2*3H,1H2,2H3;3-4H,1-2H2. The fraction of sp³-hybridized carbons (Fsp3) is 0.733. The summed E-state index contributed by atoms with van der Waals surface area (Å²) >= 11 is 0. The Bertz CT molecular complexity index is 100. The van der Waals surface area contributed by atoms with E-state index in [1.165, 1.54) is 12.8 Å². The summed E-state index contributed by atoms with van der Waals surface area (Å²) in [5.41, 5.74) is 0. The first-order chi connectivity index (χ1) is 8.66. The molecule has 0 aliphatic rings. The number of rotatable bonds is 6. The molecular weight excluding hydrogens is 228 g/mol. The second kappa shape index (κ2) is 44.1. The molecule has 3 nitrogen and oxygen atoms in total. The number of aliphatic hydroxyl groups is 2. The molecule has 0 aromatic rings. The van der Waals surface area contributed by atoms with E-state index in [0.717, 1.165) is 19.6 Å². The molecule has 0 aliphatic heterocycles. The molecule has 3 heteroatoms. The van der Waals surface area contributed by atoms with E-state index in [-0.39, 0.29) is 13.2 Å². The molecule has 2 N–H and O–H groups in total. The van der Waals surface area contributed by atoms with E-state index < -0.39 is 0 Å². The van der Waals surface area contributed by atoms with Crippen LogP contribution in [0.4, 0.5) is 0 Å². The van der Waals surface area contributed by atoms with Gasteiger partial charge in [0.1, 0.15) is 0 Å². The van der Waals surface area contributed by atoms with Crippen LogP contribution in [0, 0.1) is 0 Å². The summed E-state index contributed by atoms with van der Waals surface area (Å²) in [5, 5.41) is 15.2. The molecule has 18 heavy (non-hydrogen) atoms. The first-order valence-corrected chi connectivity index (χ1v) is 6.60.